The van der Waals surface area contributed by atoms with Gasteiger partial charge in [-0.15, -0.1) is 0 Å². The summed E-state index contributed by atoms with van der Waals surface area (Å²) in [6.45, 7) is 7.99. The van der Waals surface area contributed by atoms with Crippen LogP contribution in [0.15, 0.2) is 0 Å². The molecule has 1 saturated heterocycles. The van der Waals surface area contributed by atoms with E-state index in [4.69, 9.17) is 4.74 Å². The molecule has 1 aliphatic rings. The highest BCUT2D eigenvalue weighted by molar-refractivity contribution is 5.86. The number of rotatable bonds is 8. The number of urea groups is 1. The summed E-state index contributed by atoms with van der Waals surface area (Å²) in [6.07, 6.45) is 1.14. The number of carbonyl (C=O) groups excluding carboxylic acids is 1. The average Bonchev–Trinajstić information content (AvgIpc) is 2.89. The van der Waals surface area contributed by atoms with Gasteiger partial charge in [-0.3, -0.25) is 0 Å². The molecule has 0 saturated carbocycles. The molecule has 0 aromatic carbocycles. The largest absolute Gasteiger partial charge is 0.479 e. The zero-order valence-corrected chi connectivity index (χ0v) is 12.3. The molecule has 1 heterocycles. The van der Waals surface area contributed by atoms with Gasteiger partial charge in [0, 0.05) is 19.6 Å². The molecule has 7 heteroatoms. The summed E-state index contributed by atoms with van der Waals surface area (Å²) in [5, 5.41) is 14.4. The minimum atomic E-state index is -1.27. The summed E-state index contributed by atoms with van der Waals surface area (Å²) in [5.41, 5.74) is -1.27. The van der Waals surface area contributed by atoms with Gasteiger partial charge in [-0.2, -0.15) is 0 Å². The first-order valence-corrected chi connectivity index (χ1v) is 7.13. The van der Waals surface area contributed by atoms with Crippen LogP contribution in [0, 0.1) is 0 Å². The Kier molecular flexibility index (Phi) is 6.74. The van der Waals surface area contributed by atoms with Gasteiger partial charge in [0.2, 0.25) is 0 Å². The number of carboxylic acid groups (broad SMARTS) is 1. The van der Waals surface area contributed by atoms with E-state index in [1.165, 1.54) is 0 Å². The summed E-state index contributed by atoms with van der Waals surface area (Å²) < 4.78 is 5.08. The van der Waals surface area contributed by atoms with E-state index < -0.39 is 17.5 Å². The van der Waals surface area contributed by atoms with Crippen LogP contribution in [0.4, 0.5) is 4.79 Å². The van der Waals surface area contributed by atoms with Crippen LogP contribution >= 0.6 is 0 Å². The van der Waals surface area contributed by atoms with Crippen molar-refractivity contribution in [2.24, 2.45) is 0 Å². The standard InChI is InChI=1S/C13H25N3O4/c1-3-16(4-2)8-5-7-14-12(19)15-13(11(17)18)6-9-20-10-13/h3-10H2,1-2H3,(H,17,18)(H2,14,15,19). The number of carbonyl (C=O) groups is 2. The fourth-order valence-electron chi connectivity index (χ4n) is 2.19. The molecule has 0 radical (unpaired) electrons. The number of hydrogen-bond acceptors (Lipinski definition) is 4. The van der Waals surface area contributed by atoms with Crippen molar-refractivity contribution < 1.29 is 19.4 Å². The van der Waals surface area contributed by atoms with Crippen LogP contribution in [0.2, 0.25) is 0 Å². The second-order valence-corrected chi connectivity index (χ2v) is 4.95. The van der Waals surface area contributed by atoms with Crippen molar-refractivity contribution in [1.29, 1.82) is 0 Å². The van der Waals surface area contributed by atoms with Crippen molar-refractivity contribution in [1.82, 2.24) is 15.5 Å². The van der Waals surface area contributed by atoms with Crippen LogP contribution in [-0.4, -0.2) is 66.9 Å². The normalized spacial score (nSPS) is 21.9. The van der Waals surface area contributed by atoms with Gasteiger partial charge in [0.15, 0.2) is 5.54 Å². The highest BCUT2D eigenvalue weighted by Gasteiger charge is 2.43. The molecule has 1 atom stereocenters. The molecule has 116 valence electrons. The first kappa shape index (κ1) is 16.7. The van der Waals surface area contributed by atoms with Crippen LogP contribution in [0.5, 0.6) is 0 Å². The van der Waals surface area contributed by atoms with Crippen molar-refractivity contribution in [3.8, 4) is 0 Å². The molecular weight excluding hydrogens is 262 g/mol. The number of nitrogens with zero attached hydrogens (tertiary/aromatic N) is 1. The summed E-state index contributed by atoms with van der Waals surface area (Å²) in [4.78, 5) is 25.2. The first-order valence-electron chi connectivity index (χ1n) is 7.13. The van der Waals surface area contributed by atoms with Gasteiger partial charge in [-0.25, -0.2) is 9.59 Å². The maximum atomic E-state index is 11.7. The lowest BCUT2D eigenvalue weighted by molar-refractivity contribution is -0.144. The Morgan fingerprint density at radius 3 is 2.55 bits per heavy atom. The third-order valence-electron chi connectivity index (χ3n) is 3.61. The zero-order chi connectivity index (χ0) is 15.0. The van der Waals surface area contributed by atoms with Crippen LogP contribution in [-0.2, 0) is 9.53 Å². The monoisotopic (exact) mass is 287 g/mol. The predicted octanol–water partition coefficient (Wildman–Crippen LogP) is 0.261. The van der Waals surface area contributed by atoms with Crippen LogP contribution in [0.25, 0.3) is 0 Å². The lowest BCUT2D eigenvalue weighted by Gasteiger charge is -2.24. The molecule has 0 bridgehead atoms. The SMILES string of the molecule is CCN(CC)CCCNC(=O)NC1(C(=O)O)CCOC1. The summed E-state index contributed by atoms with van der Waals surface area (Å²) >= 11 is 0. The van der Waals surface area contributed by atoms with Gasteiger partial charge in [-0.1, -0.05) is 13.8 Å². The minimum absolute atomic E-state index is 0.0230. The Morgan fingerprint density at radius 1 is 1.35 bits per heavy atom. The van der Waals surface area contributed by atoms with Gasteiger partial charge in [0.1, 0.15) is 0 Å². The number of amides is 2. The maximum Gasteiger partial charge on any atom is 0.332 e. The fraction of sp³-hybridized carbons (Fsp3) is 0.846. The first-order chi connectivity index (χ1) is 9.54. The van der Waals surface area contributed by atoms with Crippen molar-refractivity contribution in [3.63, 3.8) is 0 Å². The molecule has 1 fully saturated rings. The molecule has 1 rings (SSSR count). The average molecular weight is 287 g/mol. The molecular formula is C13H25N3O4. The van der Waals surface area contributed by atoms with Gasteiger partial charge in [-0.05, 0) is 26.1 Å². The third kappa shape index (κ3) is 4.64. The summed E-state index contributed by atoms with van der Waals surface area (Å²) in [7, 11) is 0. The van der Waals surface area contributed by atoms with E-state index in [1.54, 1.807) is 0 Å². The van der Waals surface area contributed by atoms with Gasteiger partial charge >= 0.3 is 12.0 Å². The van der Waals surface area contributed by atoms with Crippen LogP contribution in [0.3, 0.4) is 0 Å². The van der Waals surface area contributed by atoms with Crippen molar-refractivity contribution in [3.05, 3.63) is 0 Å². The predicted molar refractivity (Wildman–Crippen MR) is 74.7 cm³/mol. The second kappa shape index (κ2) is 8.06. The number of nitrogens with one attached hydrogen (secondary N) is 2. The van der Waals surface area contributed by atoms with Gasteiger partial charge < -0.3 is 25.4 Å². The third-order valence-corrected chi connectivity index (χ3v) is 3.61. The summed E-state index contributed by atoms with van der Waals surface area (Å²) in [5.74, 6) is -1.05. The Bertz CT molecular complexity index is 326. The van der Waals surface area contributed by atoms with E-state index in [1.807, 2.05) is 0 Å². The van der Waals surface area contributed by atoms with E-state index in [0.29, 0.717) is 19.6 Å². The van der Waals surface area contributed by atoms with E-state index >= 15 is 0 Å². The van der Waals surface area contributed by atoms with Crippen LogP contribution < -0.4 is 10.6 Å². The van der Waals surface area contributed by atoms with E-state index in [-0.39, 0.29) is 6.61 Å². The van der Waals surface area contributed by atoms with E-state index in [0.717, 1.165) is 26.1 Å². The van der Waals surface area contributed by atoms with Gasteiger partial charge in [0.25, 0.3) is 0 Å². The Hall–Kier alpha value is -1.34. The lowest BCUT2D eigenvalue weighted by Crippen LogP contribution is -2.57. The molecule has 7 nitrogen and oxygen atoms in total. The Morgan fingerprint density at radius 2 is 2.05 bits per heavy atom. The molecule has 1 unspecified atom stereocenters. The summed E-state index contributed by atoms with van der Waals surface area (Å²) in [6, 6.07) is -0.447. The van der Waals surface area contributed by atoms with Crippen molar-refractivity contribution >= 4 is 12.0 Å². The fourth-order valence-corrected chi connectivity index (χ4v) is 2.19. The topological polar surface area (TPSA) is 90.9 Å². The number of ether oxygens (including phenoxy) is 1. The smallest absolute Gasteiger partial charge is 0.332 e. The van der Waals surface area contributed by atoms with Crippen molar-refractivity contribution in [2.45, 2.75) is 32.2 Å². The van der Waals surface area contributed by atoms with E-state index in [2.05, 4.69) is 29.4 Å². The van der Waals surface area contributed by atoms with E-state index in [9.17, 15) is 14.7 Å². The highest BCUT2D eigenvalue weighted by Crippen LogP contribution is 2.18. The Balaban J connectivity index is 2.27. The minimum Gasteiger partial charge on any atom is -0.479 e. The molecule has 2 amide bonds. The zero-order valence-electron chi connectivity index (χ0n) is 12.3. The molecule has 0 aromatic heterocycles. The molecule has 3 N–H and O–H groups in total. The second-order valence-electron chi connectivity index (χ2n) is 4.95. The highest BCUT2D eigenvalue weighted by atomic mass is 16.5. The molecule has 1 aliphatic heterocycles. The molecule has 20 heavy (non-hydrogen) atoms. The molecule has 0 aromatic rings. The molecule has 0 spiro atoms. The molecule has 0 aliphatic carbocycles. The number of hydrogen-bond donors (Lipinski definition) is 3. The quantitative estimate of drug-likeness (QED) is 0.557. The number of aliphatic carboxylic acids is 1. The van der Waals surface area contributed by atoms with Gasteiger partial charge in [0.05, 0.1) is 6.61 Å². The van der Waals surface area contributed by atoms with Crippen LogP contribution in [0.1, 0.15) is 26.7 Å². The lowest BCUT2D eigenvalue weighted by atomic mass is 9.99. The number of carboxylic acids is 1. The Labute approximate surface area is 119 Å². The van der Waals surface area contributed by atoms with Crippen molar-refractivity contribution in [2.75, 3.05) is 39.4 Å². The maximum absolute atomic E-state index is 11.7.